The molecule has 1 heterocycles. The lowest BCUT2D eigenvalue weighted by Gasteiger charge is -2.26. The number of hydrogen-bond acceptors (Lipinski definition) is 6. The fraction of sp³-hybridized carbons (Fsp3) is 0.375. The van der Waals surface area contributed by atoms with Crippen molar-refractivity contribution in [2.75, 3.05) is 5.32 Å². The van der Waals surface area contributed by atoms with Gasteiger partial charge in [0.15, 0.2) is 0 Å². The van der Waals surface area contributed by atoms with E-state index in [2.05, 4.69) is 15.5 Å². The van der Waals surface area contributed by atoms with Crippen molar-refractivity contribution in [3.63, 3.8) is 0 Å². The largest absolute Gasteiger partial charge is 0.490 e. The fourth-order valence-electron chi connectivity index (χ4n) is 2.70. The molecule has 0 bridgehead atoms. The zero-order valence-corrected chi connectivity index (χ0v) is 13.7. The van der Waals surface area contributed by atoms with Crippen LogP contribution in [0.25, 0.3) is 0 Å². The SMILES string of the molecule is O=C(Nc1nncs1)c1ccc(O[C@H]2CC[C@@H](C(=O)O)CC2)cc1. The molecule has 0 saturated heterocycles. The molecule has 1 amide bonds. The number of carboxylic acid groups (broad SMARTS) is 1. The normalized spacial score (nSPS) is 20.3. The Morgan fingerprint density at radius 1 is 1.17 bits per heavy atom. The Morgan fingerprint density at radius 2 is 1.88 bits per heavy atom. The molecule has 0 radical (unpaired) electrons. The summed E-state index contributed by atoms with van der Waals surface area (Å²) < 4.78 is 5.88. The van der Waals surface area contributed by atoms with E-state index in [1.54, 1.807) is 29.8 Å². The van der Waals surface area contributed by atoms with Crippen LogP contribution in [-0.2, 0) is 4.79 Å². The second-order valence-corrected chi connectivity index (χ2v) is 6.49. The lowest BCUT2D eigenvalue weighted by molar-refractivity contribution is -0.143. The summed E-state index contributed by atoms with van der Waals surface area (Å²) in [6.07, 6.45) is 2.78. The molecule has 1 aliphatic carbocycles. The maximum Gasteiger partial charge on any atom is 0.306 e. The molecule has 1 aromatic carbocycles. The number of amides is 1. The Bertz CT molecular complexity index is 695. The summed E-state index contributed by atoms with van der Waals surface area (Å²) in [5.74, 6) is -0.544. The molecule has 0 spiro atoms. The number of ether oxygens (including phenoxy) is 1. The number of carbonyl (C=O) groups excluding carboxylic acids is 1. The van der Waals surface area contributed by atoms with Gasteiger partial charge in [0, 0.05) is 5.56 Å². The predicted molar refractivity (Wildman–Crippen MR) is 88.3 cm³/mol. The molecular weight excluding hydrogens is 330 g/mol. The van der Waals surface area contributed by atoms with Gasteiger partial charge in [-0.1, -0.05) is 11.3 Å². The minimum absolute atomic E-state index is 0.0293. The van der Waals surface area contributed by atoms with Crippen molar-refractivity contribution in [3.8, 4) is 5.75 Å². The summed E-state index contributed by atoms with van der Waals surface area (Å²) >= 11 is 1.25. The van der Waals surface area contributed by atoms with E-state index in [1.807, 2.05) is 0 Å². The van der Waals surface area contributed by atoms with Crippen LogP contribution in [0.2, 0.25) is 0 Å². The second-order valence-electron chi connectivity index (χ2n) is 5.65. The van der Waals surface area contributed by atoms with Crippen molar-refractivity contribution in [2.24, 2.45) is 5.92 Å². The number of anilines is 1. The topological polar surface area (TPSA) is 101 Å². The Kier molecular flexibility index (Phi) is 5.05. The highest BCUT2D eigenvalue weighted by Gasteiger charge is 2.26. The maximum atomic E-state index is 12.0. The van der Waals surface area contributed by atoms with E-state index in [0.717, 1.165) is 12.8 Å². The highest BCUT2D eigenvalue weighted by atomic mass is 32.1. The molecule has 8 heteroatoms. The third-order valence-corrected chi connectivity index (χ3v) is 4.63. The molecule has 24 heavy (non-hydrogen) atoms. The summed E-state index contributed by atoms with van der Waals surface area (Å²) in [4.78, 5) is 23.0. The quantitative estimate of drug-likeness (QED) is 0.862. The van der Waals surface area contributed by atoms with Crippen LogP contribution in [0.15, 0.2) is 29.8 Å². The third-order valence-electron chi connectivity index (χ3n) is 4.02. The van der Waals surface area contributed by atoms with Gasteiger partial charge in [-0.3, -0.25) is 14.9 Å². The molecule has 7 nitrogen and oxygen atoms in total. The Labute approximate surface area is 142 Å². The summed E-state index contributed by atoms with van der Waals surface area (Å²) in [6, 6.07) is 6.87. The zero-order valence-electron chi connectivity index (χ0n) is 12.8. The van der Waals surface area contributed by atoms with Crippen LogP contribution in [0.1, 0.15) is 36.0 Å². The van der Waals surface area contributed by atoms with Crippen LogP contribution in [0, 0.1) is 5.92 Å². The monoisotopic (exact) mass is 347 g/mol. The first-order valence-electron chi connectivity index (χ1n) is 7.69. The van der Waals surface area contributed by atoms with Gasteiger partial charge >= 0.3 is 5.97 Å². The average molecular weight is 347 g/mol. The lowest BCUT2D eigenvalue weighted by atomic mass is 9.87. The summed E-state index contributed by atoms with van der Waals surface area (Å²) in [5, 5.41) is 19.5. The first kappa shape index (κ1) is 16.4. The molecule has 0 unspecified atom stereocenters. The Hall–Kier alpha value is -2.48. The first-order chi connectivity index (χ1) is 11.6. The first-order valence-corrected chi connectivity index (χ1v) is 8.57. The number of carboxylic acids is 1. The molecule has 2 aromatic rings. The van der Waals surface area contributed by atoms with Gasteiger partial charge in [0.25, 0.3) is 5.91 Å². The van der Waals surface area contributed by atoms with Crippen LogP contribution in [0.4, 0.5) is 5.13 Å². The maximum absolute atomic E-state index is 12.0. The molecule has 0 aliphatic heterocycles. The number of nitrogens with one attached hydrogen (secondary N) is 1. The smallest absolute Gasteiger partial charge is 0.306 e. The van der Waals surface area contributed by atoms with Crippen molar-refractivity contribution in [1.82, 2.24) is 10.2 Å². The van der Waals surface area contributed by atoms with Crippen molar-refractivity contribution in [2.45, 2.75) is 31.8 Å². The number of hydrogen-bond donors (Lipinski definition) is 2. The van der Waals surface area contributed by atoms with Gasteiger partial charge in [0.2, 0.25) is 5.13 Å². The standard InChI is InChI=1S/C16H17N3O4S/c20-14(18-16-19-17-9-24-16)10-1-5-12(6-2-10)23-13-7-3-11(4-8-13)15(21)22/h1-2,5-6,9,11,13H,3-4,7-8H2,(H,21,22)(H,18,19,20)/t11-,13+. The number of nitrogens with zero attached hydrogens (tertiary/aromatic N) is 2. The molecule has 1 fully saturated rings. The van der Waals surface area contributed by atoms with Crippen LogP contribution < -0.4 is 10.1 Å². The number of rotatable bonds is 5. The summed E-state index contributed by atoms with van der Waals surface area (Å²) in [6.45, 7) is 0. The Balaban J connectivity index is 1.53. The summed E-state index contributed by atoms with van der Waals surface area (Å²) in [7, 11) is 0. The van der Waals surface area contributed by atoms with Crippen LogP contribution >= 0.6 is 11.3 Å². The van der Waals surface area contributed by atoms with E-state index in [4.69, 9.17) is 9.84 Å². The van der Waals surface area contributed by atoms with Crippen molar-refractivity contribution < 1.29 is 19.4 Å². The number of aliphatic carboxylic acids is 1. The van der Waals surface area contributed by atoms with Crippen molar-refractivity contribution in [3.05, 3.63) is 35.3 Å². The van der Waals surface area contributed by atoms with Gasteiger partial charge in [-0.05, 0) is 49.9 Å². The van der Waals surface area contributed by atoms with Crippen LogP contribution in [0.3, 0.4) is 0 Å². The number of carbonyl (C=O) groups is 2. The molecule has 126 valence electrons. The van der Waals surface area contributed by atoms with Gasteiger partial charge in [0.1, 0.15) is 11.3 Å². The third kappa shape index (κ3) is 4.08. The van der Waals surface area contributed by atoms with Gasteiger partial charge in [-0.25, -0.2) is 0 Å². The molecule has 0 atom stereocenters. The number of aromatic nitrogens is 2. The van der Waals surface area contributed by atoms with Gasteiger partial charge in [-0.2, -0.15) is 0 Å². The van der Waals surface area contributed by atoms with Gasteiger partial charge in [-0.15, -0.1) is 10.2 Å². The average Bonchev–Trinajstić information content (AvgIpc) is 3.09. The highest BCUT2D eigenvalue weighted by Crippen LogP contribution is 2.28. The predicted octanol–water partition coefficient (Wildman–Crippen LogP) is 2.81. The summed E-state index contributed by atoms with van der Waals surface area (Å²) in [5.41, 5.74) is 2.05. The molecule has 1 aromatic heterocycles. The van der Waals surface area contributed by atoms with E-state index in [9.17, 15) is 9.59 Å². The fourth-order valence-corrected chi connectivity index (χ4v) is 3.14. The lowest BCUT2D eigenvalue weighted by Crippen LogP contribution is -2.27. The Morgan fingerprint density at radius 3 is 2.46 bits per heavy atom. The van der Waals surface area contributed by atoms with Crippen LogP contribution in [-0.4, -0.2) is 33.3 Å². The van der Waals surface area contributed by atoms with E-state index in [0.29, 0.717) is 29.3 Å². The molecule has 2 N–H and O–H groups in total. The molecule has 1 saturated carbocycles. The second kappa shape index (κ2) is 7.39. The van der Waals surface area contributed by atoms with Gasteiger partial charge in [0.05, 0.1) is 12.0 Å². The number of benzene rings is 1. The van der Waals surface area contributed by atoms with E-state index in [-0.39, 0.29) is 17.9 Å². The van der Waals surface area contributed by atoms with E-state index < -0.39 is 5.97 Å². The van der Waals surface area contributed by atoms with Crippen LogP contribution in [0.5, 0.6) is 5.75 Å². The van der Waals surface area contributed by atoms with E-state index in [1.165, 1.54) is 11.3 Å². The molecular formula is C16H17N3O4S. The van der Waals surface area contributed by atoms with Gasteiger partial charge < -0.3 is 9.84 Å². The van der Waals surface area contributed by atoms with Crippen molar-refractivity contribution >= 4 is 28.3 Å². The molecule has 3 rings (SSSR count). The van der Waals surface area contributed by atoms with Crippen molar-refractivity contribution in [1.29, 1.82) is 0 Å². The zero-order chi connectivity index (χ0) is 16.9. The minimum atomic E-state index is -0.723. The highest BCUT2D eigenvalue weighted by molar-refractivity contribution is 7.13. The van der Waals surface area contributed by atoms with E-state index >= 15 is 0 Å². The minimum Gasteiger partial charge on any atom is -0.490 e. The molecule has 1 aliphatic rings.